The van der Waals surface area contributed by atoms with Crippen LogP contribution in [0.3, 0.4) is 0 Å². The van der Waals surface area contributed by atoms with E-state index in [9.17, 15) is 18.0 Å². The van der Waals surface area contributed by atoms with E-state index in [0.29, 0.717) is 36.4 Å². The number of rotatable bonds is 8. The Balaban J connectivity index is 2.25. The molecule has 0 aliphatic carbocycles. The maximum atomic E-state index is 13.2. The van der Waals surface area contributed by atoms with E-state index in [1.165, 1.54) is 30.5 Å². The van der Waals surface area contributed by atoms with E-state index in [1.807, 2.05) is 0 Å². The van der Waals surface area contributed by atoms with Crippen LogP contribution in [0, 0.1) is 5.92 Å². The van der Waals surface area contributed by atoms with Gasteiger partial charge in [-0.25, -0.2) is 12.7 Å². The molecule has 1 aliphatic rings. The Morgan fingerprint density at radius 1 is 1.14 bits per heavy atom. The summed E-state index contributed by atoms with van der Waals surface area (Å²) in [7, 11) is 0.922. The summed E-state index contributed by atoms with van der Waals surface area (Å²) in [6.07, 6.45) is 2.28. The van der Waals surface area contributed by atoms with Crippen molar-refractivity contribution in [3.05, 3.63) is 23.8 Å². The van der Waals surface area contributed by atoms with Gasteiger partial charge in [0.05, 0.1) is 33.5 Å². The molecule has 0 radical (unpaired) electrons. The van der Waals surface area contributed by atoms with Gasteiger partial charge < -0.3 is 19.1 Å². The van der Waals surface area contributed by atoms with Crippen molar-refractivity contribution < 1.29 is 32.2 Å². The van der Waals surface area contributed by atoms with E-state index in [4.69, 9.17) is 14.2 Å². The van der Waals surface area contributed by atoms with Crippen LogP contribution in [0.2, 0.25) is 0 Å². The zero-order valence-corrected chi connectivity index (χ0v) is 18.0. The van der Waals surface area contributed by atoms with Gasteiger partial charge in [-0.3, -0.25) is 9.59 Å². The van der Waals surface area contributed by atoms with Gasteiger partial charge in [-0.2, -0.15) is 0 Å². The maximum Gasteiger partial charge on any atom is 0.325 e. The number of nitrogens with zero attached hydrogens (tertiary/aromatic N) is 2. The molecular formula is C19H28N2O7S. The number of carbonyl (C=O) groups excluding carboxylic acids is 2. The van der Waals surface area contributed by atoms with Crippen molar-refractivity contribution in [1.29, 1.82) is 0 Å². The number of hydrogen-bond donors (Lipinski definition) is 0. The molecule has 9 nitrogen and oxygen atoms in total. The Bertz CT molecular complexity index is 819. The topological polar surface area (TPSA) is 102 Å². The van der Waals surface area contributed by atoms with Gasteiger partial charge in [0.2, 0.25) is 15.9 Å². The molecular weight excluding hydrogens is 400 g/mol. The fourth-order valence-electron chi connectivity index (χ4n) is 3.31. The van der Waals surface area contributed by atoms with E-state index in [-0.39, 0.29) is 25.5 Å². The van der Waals surface area contributed by atoms with Crippen LogP contribution in [-0.2, 0) is 30.9 Å². The number of ether oxygens (including phenoxy) is 3. The van der Waals surface area contributed by atoms with Crippen molar-refractivity contribution in [3.63, 3.8) is 0 Å². The fraction of sp³-hybridized carbons (Fsp3) is 0.579. The van der Waals surface area contributed by atoms with Crippen molar-refractivity contribution >= 4 is 21.9 Å². The molecule has 10 heteroatoms. The molecule has 1 aromatic carbocycles. The Morgan fingerprint density at radius 3 is 2.28 bits per heavy atom. The molecule has 0 bridgehead atoms. The molecule has 2 rings (SSSR count). The highest BCUT2D eigenvalue weighted by atomic mass is 32.2. The first-order valence-corrected chi connectivity index (χ1v) is 11.1. The normalized spacial score (nSPS) is 17.4. The number of esters is 1. The molecule has 1 aliphatic heterocycles. The van der Waals surface area contributed by atoms with Gasteiger partial charge in [-0.1, -0.05) is 0 Å². The van der Waals surface area contributed by atoms with Crippen LogP contribution in [0.5, 0.6) is 11.5 Å². The van der Waals surface area contributed by atoms with Crippen LogP contribution >= 0.6 is 0 Å². The zero-order chi connectivity index (χ0) is 21.6. The Labute approximate surface area is 171 Å². The summed E-state index contributed by atoms with van der Waals surface area (Å²) in [4.78, 5) is 26.5. The largest absolute Gasteiger partial charge is 0.497 e. The van der Waals surface area contributed by atoms with Crippen molar-refractivity contribution in [2.24, 2.45) is 5.92 Å². The van der Waals surface area contributed by atoms with Crippen molar-refractivity contribution in [3.8, 4) is 11.5 Å². The highest BCUT2D eigenvalue weighted by Gasteiger charge is 2.33. The molecule has 1 amide bonds. The minimum Gasteiger partial charge on any atom is -0.497 e. The first-order valence-electron chi connectivity index (χ1n) is 9.20. The molecule has 0 aromatic heterocycles. The predicted molar refractivity (Wildman–Crippen MR) is 106 cm³/mol. The Kier molecular flexibility index (Phi) is 7.86. The molecule has 1 atom stereocenters. The summed E-state index contributed by atoms with van der Waals surface area (Å²) in [5.41, 5.74) is 0.717. The van der Waals surface area contributed by atoms with Gasteiger partial charge >= 0.3 is 5.97 Å². The number of hydrogen-bond acceptors (Lipinski definition) is 7. The van der Waals surface area contributed by atoms with Gasteiger partial charge in [0, 0.05) is 25.7 Å². The van der Waals surface area contributed by atoms with Gasteiger partial charge in [-0.05, 0) is 30.5 Å². The van der Waals surface area contributed by atoms with Crippen LogP contribution in [-0.4, -0.2) is 76.7 Å². The third-order valence-corrected chi connectivity index (χ3v) is 6.12. The molecule has 1 fully saturated rings. The summed E-state index contributed by atoms with van der Waals surface area (Å²) < 4.78 is 40.3. The Morgan fingerprint density at radius 2 is 1.76 bits per heavy atom. The minimum atomic E-state index is -3.38. The van der Waals surface area contributed by atoms with E-state index in [2.05, 4.69) is 0 Å². The quantitative estimate of drug-likeness (QED) is 0.566. The van der Waals surface area contributed by atoms with Crippen molar-refractivity contribution in [2.45, 2.75) is 19.4 Å². The molecule has 162 valence electrons. The molecule has 0 saturated carbocycles. The van der Waals surface area contributed by atoms with E-state index in [0.717, 1.165) is 6.26 Å². The molecule has 29 heavy (non-hydrogen) atoms. The monoisotopic (exact) mass is 428 g/mol. The average Bonchev–Trinajstić information content (AvgIpc) is 2.71. The van der Waals surface area contributed by atoms with Crippen LogP contribution in [0.25, 0.3) is 0 Å². The average molecular weight is 429 g/mol. The number of piperidine rings is 1. The van der Waals surface area contributed by atoms with Gasteiger partial charge in [0.15, 0.2) is 0 Å². The van der Waals surface area contributed by atoms with Crippen LogP contribution in [0.15, 0.2) is 18.2 Å². The molecule has 0 N–H and O–H groups in total. The smallest absolute Gasteiger partial charge is 0.325 e. The maximum absolute atomic E-state index is 13.2. The van der Waals surface area contributed by atoms with Crippen LogP contribution in [0.1, 0.15) is 18.4 Å². The molecule has 1 aromatic rings. The fourth-order valence-corrected chi connectivity index (χ4v) is 4.23. The second-order valence-electron chi connectivity index (χ2n) is 6.95. The van der Waals surface area contributed by atoms with Gasteiger partial charge in [-0.15, -0.1) is 0 Å². The summed E-state index contributed by atoms with van der Waals surface area (Å²) >= 11 is 0. The van der Waals surface area contributed by atoms with Crippen molar-refractivity contribution in [1.82, 2.24) is 9.21 Å². The number of amides is 1. The lowest BCUT2D eigenvalue weighted by Crippen LogP contribution is -2.47. The number of carbonyl (C=O) groups is 2. The second kappa shape index (κ2) is 9.93. The lowest BCUT2D eigenvalue weighted by molar-refractivity contribution is -0.149. The van der Waals surface area contributed by atoms with E-state index < -0.39 is 21.9 Å². The molecule has 0 spiro atoms. The highest BCUT2D eigenvalue weighted by molar-refractivity contribution is 7.88. The third kappa shape index (κ3) is 6.33. The number of sulfonamides is 1. The summed E-state index contributed by atoms with van der Waals surface area (Å²) in [5.74, 6) is -0.235. The summed E-state index contributed by atoms with van der Waals surface area (Å²) in [5, 5.41) is 0. The minimum absolute atomic E-state index is 0.108. The molecule has 1 heterocycles. The lowest BCUT2D eigenvalue weighted by Gasteiger charge is -2.33. The number of benzene rings is 1. The van der Waals surface area contributed by atoms with E-state index >= 15 is 0 Å². The molecule has 1 unspecified atom stereocenters. The van der Waals surface area contributed by atoms with Gasteiger partial charge in [0.1, 0.15) is 18.0 Å². The SMILES string of the molecule is COC(=O)CN(Cc1cc(OC)cc(OC)c1)C(=O)C1CCCN(S(C)(=O)=O)C1. The van der Waals surface area contributed by atoms with Crippen LogP contribution < -0.4 is 9.47 Å². The standard InChI is InChI=1S/C19H28N2O7S/c1-26-16-8-14(9-17(10-16)27-2)11-20(13-18(22)28-3)19(23)15-6-5-7-21(12-15)29(4,24)25/h8-10,15H,5-7,11-13H2,1-4H3. The third-order valence-electron chi connectivity index (χ3n) is 4.85. The summed E-state index contributed by atoms with van der Waals surface area (Å²) in [6, 6.07) is 5.22. The first kappa shape index (κ1) is 23.0. The number of methoxy groups -OCH3 is 3. The summed E-state index contributed by atoms with van der Waals surface area (Å²) in [6.45, 7) is 0.407. The zero-order valence-electron chi connectivity index (χ0n) is 17.2. The predicted octanol–water partition coefficient (Wildman–Crippen LogP) is 0.877. The van der Waals surface area contributed by atoms with Crippen LogP contribution in [0.4, 0.5) is 0 Å². The highest BCUT2D eigenvalue weighted by Crippen LogP contribution is 2.25. The Hall–Kier alpha value is -2.33. The molecule has 1 saturated heterocycles. The lowest BCUT2D eigenvalue weighted by atomic mass is 9.97. The second-order valence-corrected chi connectivity index (χ2v) is 8.93. The van der Waals surface area contributed by atoms with Gasteiger partial charge in [0.25, 0.3) is 0 Å². The first-order chi connectivity index (χ1) is 13.7. The van der Waals surface area contributed by atoms with E-state index in [1.54, 1.807) is 18.2 Å². The van der Waals surface area contributed by atoms with Crippen molar-refractivity contribution in [2.75, 3.05) is 47.2 Å².